The topological polar surface area (TPSA) is 77.4 Å². The van der Waals surface area contributed by atoms with E-state index in [1.165, 1.54) is 115 Å². The van der Waals surface area contributed by atoms with Crippen LogP contribution in [0.25, 0.3) is 0 Å². The molecule has 0 heterocycles. The van der Waals surface area contributed by atoms with Crippen molar-refractivity contribution in [3.8, 4) is 0 Å². The van der Waals surface area contributed by atoms with Gasteiger partial charge < -0.3 is 14.1 Å². The summed E-state index contributed by atoms with van der Waals surface area (Å²) in [5.41, 5.74) is 0.928. The third kappa shape index (κ3) is 19.9. The van der Waals surface area contributed by atoms with Crippen molar-refractivity contribution >= 4 is 10.1 Å². The van der Waals surface area contributed by atoms with E-state index in [0.29, 0.717) is 6.73 Å². The lowest BCUT2D eigenvalue weighted by molar-refractivity contribution is -0.927. The van der Waals surface area contributed by atoms with Crippen LogP contribution in [0.2, 0.25) is 0 Å². The van der Waals surface area contributed by atoms with Gasteiger partial charge in [-0.25, -0.2) is 8.42 Å². The number of hydrogen-bond donors (Lipinski definition) is 1. The standard InChI is InChI=1S/C22H48NO.C7H8O3S/c1-4-6-8-10-12-14-16-18-20-23(3,22-24)21-19-17-15-13-11-9-7-5-2;1-6-2-4-7(5-3-6)11(8,9)10/h24H,4-22H2,1-3H3;2-5H,1H3,(H,8,9,10)/q+1;/p-1. The molecule has 0 aliphatic carbocycles. The average molecular weight is 514 g/mol. The molecule has 5 nitrogen and oxygen atoms in total. The number of nitrogens with zero attached hydrogens (tertiary/aromatic N) is 1. The lowest BCUT2D eigenvalue weighted by Crippen LogP contribution is -2.46. The minimum Gasteiger partial charge on any atom is -0.744 e. The van der Waals surface area contributed by atoms with E-state index >= 15 is 0 Å². The highest BCUT2D eigenvalue weighted by Crippen LogP contribution is 2.14. The second-order valence-corrected chi connectivity index (χ2v) is 11.8. The molecule has 0 spiro atoms. The molecule has 0 aliphatic heterocycles. The summed E-state index contributed by atoms with van der Waals surface area (Å²) in [6.07, 6.45) is 22.0. The van der Waals surface area contributed by atoms with E-state index in [0.717, 1.165) is 23.1 Å². The SMILES string of the molecule is CCCCCCCCCC[N+](C)(CO)CCCCCCCCCC.Cc1ccc(S(=O)(=O)[O-])cc1. The second-order valence-electron chi connectivity index (χ2n) is 10.4. The highest BCUT2D eigenvalue weighted by atomic mass is 32.2. The number of hydrogen-bond acceptors (Lipinski definition) is 4. The molecule has 1 rings (SSSR count). The lowest BCUT2D eigenvalue weighted by Gasteiger charge is -2.32. The van der Waals surface area contributed by atoms with Gasteiger partial charge in [-0.2, -0.15) is 0 Å². The van der Waals surface area contributed by atoms with Gasteiger partial charge in [0.15, 0.2) is 6.73 Å². The molecule has 206 valence electrons. The van der Waals surface area contributed by atoms with Gasteiger partial charge in [-0.3, -0.25) is 0 Å². The Hall–Kier alpha value is -0.950. The Morgan fingerprint density at radius 2 is 1.03 bits per heavy atom. The van der Waals surface area contributed by atoms with Crippen molar-refractivity contribution in [3.05, 3.63) is 29.8 Å². The van der Waals surface area contributed by atoms with Crippen LogP contribution in [0.15, 0.2) is 29.2 Å². The smallest absolute Gasteiger partial charge is 0.180 e. The Kier molecular flexibility index (Phi) is 20.6. The third-order valence-electron chi connectivity index (χ3n) is 6.75. The van der Waals surface area contributed by atoms with Crippen molar-refractivity contribution in [1.82, 2.24) is 0 Å². The highest BCUT2D eigenvalue weighted by Gasteiger charge is 2.18. The van der Waals surface area contributed by atoms with Crippen molar-refractivity contribution in [2.75, 3.05) is 26.9 Å². The van der Waals surface area contributed by atoms with Crippen LogP contribution in [0.4, 0.5) is 0 Å². The number of benzene rings is 1. The van der Waals surface area contributed by atoms with Crippen LogP contribution in [0.5, 0.6) is 0 Å². The van der Waals surface area contributed by atoms with Gasteiger partial charge in [-0.15, -0.1) is 0 Å². The van der Waals surface area contributed by atoms with Gasteiger partial charge in [-0.05, 0) is 44.7 Å². The molecule has 0 bridgehead atoms. The van der Waals surface area contributed by atoms with Gasteiger partial charge in [0.2, 0.25) is 0 Å². The normalized spacial score (nSPS) is 11.8. The zero-order valence-electron chi connectivity index (χ0n) is 23.3. The Bertz CT molecular complexity index is 684. The zero-order chi connectivity index (χ0) is 26.4. The van der Waals surface area contributed by atoms with Crippen LogP contribution in [0.1, 0.15) is 122 Å². The molecule has 0 fully saturated rings. The van der Waals surface area contributed by atoms with Crippen LogP contribution in [0.3, 0.4) is 0 Å². The molecule has 0 radical (unpaired) electrons. The summed E-state index contributed by atoms with van der Waals surface area (Å²) in [6, 6.07) is 5.78. The molecule has 0 amide bonds. The number of aliphatic hydroxyl groups is 1. The van der Waals surface area contributed by atoms with E-state index in [1.807, 2.05) is 6.92 Å². The van der Waals surface area contributed by atoms with Gasteiger partial charge in [0.1, 0.15) is 10.1 Å². The quantitative estimate of drug-likeness (QED) is 0.0844. The predicted octanol–water partition coefficient (Wildman–Crippen LogP) is 7.56. The van der Waals surface area contributed by atoms with Crippen LogP contribution in [0, 0.1) is 6.92 Å². The summed E-state index contributed by atoms with van der Waals surface area (Å²) in [6.45, 7) is 9.00. The third-order valence-corrected chi connectivity index (χ3v) is 7.60. The van der Waals surface area contributed by atoms with Crippen LogP contribution in [-0.4, -0.2) is 49.4 Å². The van der Waals surface area contributed by atoms with Crippen molar-refractivity contribution in [2.24, 2.45) is 0 Å². The zero-order valence-corrected chi connectivity index (χ0v) is 24.1. The lowest BCUT2D eigenvalue weighted by atomic mass is 10.1. The minimum atomic E-state index is -4.27. The van der Waals surface area contributed by atoms with Gasteiger partial charge in [-0.1, -0.05) is 109 Å². The average Bonchev–Trinajstić information content (AvgIpc) is 2.82. The molecule has 0 saturated carbocycles. The molecule has 1 aromatic carbocycles. The van der Waals surface area contributed by atoms with E-state index in [1.54, 1.807) is 12.1 Å². The molecule has 0 aromatic heterocycles. The van der Waals surface area contributed by atoms with Gasteiger partial charge in [0.25, 0.3) is 0 Å². The molecule has 1 aromatic rings. The molecule has 0 saturated heterocycles. The maximum atomic E-state index is 10.4. The number of aliphatic hydroxyl groups excluding tert-OH is 1. The maximum absolute atomic E-state index is 10.4. The van der Waals surface area contributed by atoms with Gasteiger partial charge in [0.05, 0.1) is 25.0 Å². The van der Waals surface area contributed by atoms with Crippen molar-refractivity contribution in [1.29, 1.82) is 0 Å². The first-order chi connectivity index (χ1) is 16.7. The number of rotatable bonds is 20. The summed E-state index contributed by atoms with van der Waals surface area (Å²) in [5.74, 6) is 0. The Balaban J connectivity index is 0.000000867. The molecule has 0 atom stereocenters. The first kappa shape index (κ1) is 34.0. The molecule has 0 aliphatic rings. The van der Waals surface area contributed by atoms with Crippen LogP contribution >= 0.6 is 0 Å². The monoisotopic (exact) mass is 513 g/mol. The summed E-state index contributed by atoms with van der Waals surface area (Å²) < 4.78 is 32.0. The first-order valence-corrected chi connectivity index (χ1v) is 15.6. The van der Waals surface area contributed by atoms with Crippen LogP contribution < -0.4 is 0 Å². The predicted molar refractivity (Wildman–Crippen MR) is 147 cm³/mol. The molecule has 6 heteroatoms. The summed E-state index contributed by atoms with van der Waals surface area (Å²) >= 11 is 0. The van der Waals surface area contributed by atoms with E-state index in [-0.39, 0.29) is 4.90 Å². The summed E-state index contributed by atoms with van der Waals surface area (Å²) in [7, 11) is -2.03. The number of unbranched alkanes of at least 4 members (excludes halogenated alkanes) is 14. The van der Waals surface area contributed by atoms with E-state index < -0.39 is 10.1 Å². The summed E-state index contributed by atoms with van der Waals surface area (Å²) in [4.78, 5) is -0.178. The number of aryl methyl sites for hydroxylation is 1. The van der Waals surface area contributed by atoms with Gasteiger partial charge in [0, 0.05) is 0 Å². The minimum absolute atomic E-state index is 0.178. The van der Waals surface area contributed by atoms with Crippen LogP contribution in [-0.2, 0) is 10.1 Å². The molecular formula is C29H55NO4S. The second kappa shape index (κ2) is 21.2. The molecule has 1 N–H and O–H groups in total. The fourth-order valence-electron chi connectivity index (χ4n) is 4.21. The summed E-state index contributed by atoms with van der Waals surface area (Å²) in [5, 5.41) is 9.76. The van der Waals surface area contributed by atoms with Crippen molar-refractivity contribution < 1.29 is 22.6 Å². The molecule has 0 unspecified atom stereocenters. The fraction of sp³-hybridized carbons (Fsp3) is 0.793. The Morgan fingerprint density at radius 1 is 0.686 bits per heavy atom. The van der Waals surface area contributed by atoms with Gasteiger partial charge >= 0.3 is 0 Å². The largest absolute Gasteiger partial charge is 0.744 e. The maximum Gasteiger partial charge on any atom is 0.180 e. The fourth-order valence-corrected chi connectivity index (χ4v) is 4.68. The van der Waals surface area contributed by atoms with E-state index in [4.69, 9.17) is 0 Å². The van der Waals surface area contributed by atoms with E-state index in [9.17, 15) is 18.1 Å². The Labute approximate surface area is 217 Å². The Morgan fingerprint density at radius 3 is 1.34 bits per heavy atom. The van der Waals surface area contributed by atoms with E-state index in [2.05, 4.69) is 20.9 Å². The number of quaternary nitrogens is 1. The van der Waals surface area contributed by atoms with Crippen molar-refractivity contribution in [2.45, 2.75) is 128 Å². The van der Waals surface area contributed by atoms with Crippen molar-refractivity contribution in [3.63, 3.8) is 0 Å². The first-order valence-electron chi connectivity index (χ1n) is 14.2. The highest BCUT2D eigenvalue weighted by molar-refractivity contribution is 7.85. The molecular weight excluding hydrogens is 458 g/mol. The molecule has 35 heavy (non-hydrogen) atoms.